The van der Waals surface area contributed by atoms with Crippen molar-refractivity contribution in [2.24, 2.45) is 0 Å². The van der Waals surface area contributed by atoms with Gasteiger partial charge in [0.05, 0.1) is 11.4 Å². The molecule has 0 aromatic heterocycles. The second-order valence-electron chi connectivity index (χ2n) is 4.98. The van der Waals surface area contributed by atoms with Crippen molar-refractivity contribution in [1.82, 2.24) is 0 Å². The maximum absolute atomic E-state index is 3.58. The van der Waals surface area contributed by atoms with Crippen molar-refractivity contribution in [3.8, 4) is 0 Å². The van der Waals surface area contributed by atoms with Crippen molar-refractivity contribution in [1.29, 1.82) is 0 Å². The molecule has 1 atom stereocenters. The lowest BCUT2D eigenvalue weighted by atomic mass is 10.1. The third kappa shape index (κ3) is 3.76. The Kier molecular flexibility index (Phi) is 5.11. The highest BCUT2D eigenvalue weighted by atomic mass is 79.9. The van der Waals surface area contributed by atoms with Crippen LogP contribution in [0.15, 0.2) is 51.4 Å². The molecule has 0 radical (unpaired) electrons. The van der Waals surface area contributed by atoms with Crippen LogP contribution in [-0.4, -0.2) is 14.1 Å². The fourth-order valence-electron chi connectivity index (χ4n) is 2.11. The lowest BCUT2D eigenvalue weighted by Crippen LogP contribution is -2.14. The largest absolute Gasteiger partial charge is 0.377 e. The predicted molar refractivity (Wildman–Crippen MR) is 94.6 cm³/mol. The van der Waals surface area contributed by atoms with Crippen LogP contribution in [0.1, 0.15) is 18.5 Å². The standard InChI is InChI=1S/C16H18Br2N2/c1-11(12-5-4-6-13(17)9-12)19-15-10-14(18)7-8-16(15)20(2)3/h4-11,19H,1-3H3. The highest BCUT2D eigenvalue weighted by molar-refractivity contribution is 9.10. The minimum absolute atomic E-state index is 0.237. The number of hydrogen-bond donors (Lipinski definition) is 1. The number of halogens is 2. The first kappa shape index (κ1) is 15.4. The molecule has 2 nitrogen and oxygen atoms in total. The van der Waals surface area contributed by atoms with Gasteiger partial charge in [0.1, 0.15) is 0 Å². The van der Waals surface area contributed by atoms with E-state index in [1.54, 1.807) is 0 Å². The fourth-order valence-corrected chi connectivity index (χ4v) is 2.88. The van der Waals surface area contributed by atoms with E-state index in [1.165, 1.54) is 11.3 Å². The number of anilines is 2. The Labute approximate surface area is 137 Å². The zero-order valence-electron chi connectivity index (χ0n) is 11.8. The number of benzene rings is 2. The number of nitrogens with zero attached hydrogens (tertiary/aromatic N) is 1. The molecule has 106 valence electrons. The van der Waals surface area contributed by atoms with Crippen LogP contribution in [-0.2, 0) is 0 Å². The summed E-state index contributed by atoms with van der Waals surface area (Å²) in [4.78, 5) is 2.11. The van der Waals surface area contributed by atoms with Gasteiger partial charge in [0, 0.05) is 29.1 Å². The van der Waals surface area contributed by atoms with Crippen LogP contribution in [0, 0.1) is 0 Å². The van der Waals surface area contributed by atoms with Crippen LogP contribution in [0.4, 0.5) is 11.4 Å². The first-order valence-electron chi connectivity index (χ1n) is 6.46. The molecule has 20 heavy (non-hydrogen) atoms. The van der Waals surface area contributed by atoms with Gasteiger partial charge in [0.25, 0.3) is 0 Å². The van der Waals surface area contributed by atoms with Crippen LogP contribution in [0.3, 0.4) is 0 Å². The maximum atomic E-state index is 3.58. The Hall–Kier alpha value is -1.00. The van der Waals surface area contributed by atoms with E-state index in [0.717, 1.165) is 14.6 Å². The fraction of sp³-hybridized carbons (Fsp3) is 0.250. The molecule has 0 fully saturated rings. The van der Waals surface area contributed by atoms with E-state index >= 15 is 0 Å². The number of nitrogens with one attached hydrogen (secondary N) is 1. The molecule has 0 heterocycles. The van der Waals surface area contributed by atoms with Gasteiger partial charge in [-0.05, 0) is 42.8 Å². The average molecular weight is 398 g/mol. The van der Waals surface area contributed by atoms with Crippen LogP contribution < -0.4 is 10.2 Å². The molecule has 1 N–H and O–H groups in total. The van der Waals surface area contributed by atoms with Gasteiger partial charge in [-0.3, -0.25) is 0 Å². The van der Waals surface area contributed by atoms with E-state index in [1.807, 2.05) is 6.07 Å². The normalized spacial score (nSPS) is 12.1. The third-order valence-corrected chi connectivity index (χ3v) is 4.15. The predicted octanol–water partition coefficient (Wildman–Crippen LogP) is 5.45. The second kappa shape index (κ2) is 6.64. The van der Waals surface area contributed by atoms with Crippen LogP contribution in [0.5, 0.6) is 0 Å². The van der Waals surface area contributed by atoms with Crippen molar-refractivity contribution in [2.75, 3.05) is 24.3 Å². The van der Waals surface area contributed by atoms with E-state index < -0.39 is 0 Å². The monoisotopic (exact) mass is 396 g/mol. The average Bonchev–Trinajstić information content (AvgIpc) is 2.38. The Morgan fingerprint density at radius 3 is 2.35 bits per heavy atom. The molecule has 2 aromatic rings. The molecule has 0 saturated heterocycles. The smallest absolute Gasteiger partial charge is 0.0597 e. The summed E-state index contributed by atoms with van der Waals surface area (Å²) in [6.45, 7) is 2.17. The lowest BCUT2D eigenvalue weighted by Gasteiger charge is -2.22. The molecular formula is C16H18Br2N2. The zero-order chi connectivity index (χ0) is 14.7. The molecule has 0 saturated carbocycles. The topological polar surface area (TPSA) is 15.3 Å². The van der Waals surface area contributed by atoms with Crippen molar-refractivity contribution in [3.63, 3.8) is 0 Å². The summed E-state index contributed by atoms with van der Waals surface area (Å²) < 4.78 is 2.18. The van der Waals surface area contributed by atoms with Gasteiger partial charge in [-0.2, -0.15) is 0 Å². The van der Waals surface area contributed by atoms with Crippen LogP contribution in [0.25, 0.3) is 0 Å². The molecule has 0 aliphatic carbocycles. The summed E-state index contributed by atoms with van der Waals surface area (Å²) in [5.74, 6) is 0. The Morgan fingerprint density at radius 2 is 1.70 bits per heavy atom. The molecule has 0 aliphatic rings. The lowest BCUT2D eigenvalue weighted by molar-refractivity contribution is 0.881. The quantitative estimate of drug-likeness (QED) is 0.737. The summed E-state index contributed by atoms with van der Waals surface area (Å²) in [5.41, 5.74) is 3.55. The van der Waals surface area contributed by atoms with Crippen molar-refractivity contribution < 1.29 is 0 Å². The van der Waals surface area contributed by atoms with E-state index in [9.17, 15) is 0 Å². The SMILES string of the molecule is CC(Nc1cc(Br)ccc1N(C)C)c1cccc(Br)c1. The zero-order valence-corrected chi connectivity index (χ0v) is 15.0. The molecule has 0 spiro atoms. The summed E-state index contributed by atoms with van der Waals surface area (Å²) in [7, 11) is 4.11. The molecule has 0 aliphatic heterocycles. The van der Waals surface area contributed by atoms with Crippen molar-refractivity contribution >= 4 is 43.2 Å². The second-order valence-corrected chi connectivity index (χ2v) is 6.81. The molecule has 1 unspecified atom stereocenters. The van der Waals surface area contributed by atoms with Gasteiger partial charge in [-0.1, -0.05) is 44.0 Å². The highest BCUT2D eigenvalue weighted by Gasteiger charge is 2.10. The van der Waals surface area contributed by atoms with Crippen molar-refractivity contribution in [3.05, 3.63) is 57.0 Å². The summed E-state index contributed by atoms with van der Waals surface area (Å²) in [6.07, 6.45) is 0. The molecule has 0 amide bonds. The van der Waals surface area contributed by atoms with E-state index in [2.05, 4.69) is 99.5 Å². The van der Waals surface area contributed by atoms with Gasteiger partial charge < -0.3 is 10.2 Å². The maximum Gasteiger partial charge on any atom is 0.0597 e. The summed E-state index contributed by atoms with van der Waals surface area (Å²) in [6, 6.07) is 14.9. The number of hydrogen-bond acceptors (Lipinski definition) is 2. The van der Waals surface area contributed by atoms with Gasteiger partial charge in [0.15, 0.2) is 0 Å². The molecular weight excluding hydrogens is 380 g/mol. The highest BCUT2D eigenvalue weighted by Crippen LogP contribution is 2.31. The Bertz CT molecular complexity index is 597. The summed E-state index contributed by atoms with van der Waals surface area (Å²) in [5, 5.41) is 3.58. The first-order valence-corrected chi connectivity index (χ1v) is 8.05. The van der Waals surface area contributed by atoms with Gasteiger partial charge >= 0.3 is 0 Å². The first-order chi connectivity index (χ1) is 9.47. The molecule has 0 bridgehead atoms. The molecule has 2 rings (SSSR count). The molecule has 4 heteroatoms. The number of rotatable bonds is 4. The minimum Gasteiger partial charge on any atom is -0.377 e. The summed E-state index contributed by atoms with van der Waals surface area (Å²) >= 11 is 7.06. The van der Waals surface area contributed by atoms with E-state index in [-0.39, 0.29) is 6.04 Å². The third-order valence-electron chi connectivity index (χ3n) is 3.16. The van der Waals surface area contributed by atoms with E-state index in [0.29, 0.717) is 0 Å². The van der Waals surface area contributed by atoms with Crippen molar-refractivity contribution in [2.45, 2.75) is 13.0 Å². The van der Waals surface area contributed by atoms with Gasteiger partial charge in [-0.25, -0.2) is 0 Å². The Morgan fingerprint density at radius 1 is 1.00 bits per heavy atom. The van der Waals surface area contributed by atoms with Crippen LogP contribution >= 0.6 is 31.9 Å². The minimum atomic E-state index is 0.237. The van der Waals surface area contributed by atoms with Crippen LogP contribution in [0.2, 0.25) is 0 Å². The molecule has 2 aromatic carbocycles. The Balaban J connectivity index is 2.27. The van der Waals surface area contributed by atoms with E-state index in [4.69, 9.17) is 0 Å². The van der Waals surface area contributed by atoms with Gasteiger partial charge in [0.2, 0.25) is 0 Å². The van der Waals surface area contributed by atoms with Gasteiger partial charge in [-0.15, -0.1) is 0 Å².